The monoisotopic (exact) mass is 391 g/mol. The molecule has 0 spiro atoms. The zero-order chi connectivity index (χ0) is 20.4. The second-order valence-electron chi connectivity index (χ2n) is 8.22. The Morgan fingerprint density at radius 3 is 2.86 bits per heavy atom. The van der Waals surface area contributed by atoms with Gasteiger partial charge in [-0.3, -0.25) is 14.8 Å². The third-order valence-corrected chi connectivity index (χ3v) is 5.73. The van der Waals surface area contributed by atoms with Gasteiger partial charge in [-0.05, 0) is 38.1 Å². The van der Waals surface area contributed by atoms with Gasteiger partial charge in [0.2, 0.25) is 0 Å². The number of H-pyrrole nitrogens is 1. The van der Waals surface area contributed by atoms with E-state index in [4.69, 9.17) is 0 Å². The van der Waals surface area contributed by atoms with Crippen LogP contribution in [0.3, 0.4) is 0 Å². The first kappa shape index (κ1) is 19.6. The Balaban J connectivity index is 1.48. The molecule has 1 atom stereocenters. The number of hydrogen-bond acceptors (Lipinski definition) is 4. The number of carbonyl (C=O) groups is 1. The lowest BCUT2D eigenvalue weighted by atomic mass is 10.0. The maximum atomic E-state index is 12.9. The van der Waals surface area contributed by atoms with Crippen molar-refractivity contribution in [3.63, 3.8) is 0 Å². The van der Waals surface area contributed by atoms with Crippen molar-refractivity contribution >= 4 is 16.8 Å². The number of amides is 1. The Labute approximate surface area is 171 Å². The fraction of sp³-hybridized carbons (Fsp3) is 0.391. The fourth-order valence-corrected chi connectivity index (χ4v) is 4.08. The van der Waals surface area contributed by atoms with Gasteiger partial charge >= 0.3 is 0 Å². The molecule has 1 fully saturated rings. The molecule has 1 amide bonds. The SMILES string of the molecule is Cc1ccc(C)c(CN2CCN(C)CC(NC(=O)c3n[nH]c4ccccc34)C2)c1. The number of rotatable bonds is 4. The smallest absolute Gasteiger partial charge is 0.272 e. The number of likely N-dealkylation sites (N-methyl/N-ethyl adjacent to an activating group) is 1. The molecule has 2 heterocycles. The van der Waals surface area contributed by atoms with Crippen molar-refractivity contribution in [1.29, 1.82) is 0 Å². The molecule has 2 aromatic carbocycles. The Hall–Kier alpha value is -2.70. The van der Waals surface area contributed by atoms with E-state index >= 15 is 0 Å². The van der Waals surface area contributed by atoms with Crippen LogP contribution in [0, 0.1) is 13.8 Å². The normalized spacial score (nSPS) is 18.7. The summed E-state index contributed by atoms with van der Waals surface area (Å²) in [5.74, 6) is -0.116. The first-order valence-electron chi connectivity index (χ1n) is 10.2. The van der Waals surface area contributed by atoms with Crippen molar-refractivity contribution in [2.75, 3.05) is 33.2 Å². The number of aryl methyl sites for hydroxylation is 2. The minimum absolute atomic E-state index is 0.0515. The lowest BCUT2D eigenvalue weighted by Crippen LogP contribution is -2.46. The van der Waals surface area contributed by atoms with Crippen LogP contribution in [-0.4, -0.2) is 65.2 Å². The van der Waals surface area contributed by atoms with Crippen molar-refractivity contribution < 1.29 is 4.79 Å². The molecule has 29 heavy (non-hydrogen) atoms. The van der Waals surface area contributed by atoms with Crippen molar-refractivity contribution in [2.45, 2.75) is 26.4 Å². The molecule has 152 valence electrons. The molecule has 1 unspecified atom stereocenters. The van der Waals surface area contributed by atoms with Gasteiger partial charge in [0, 0.05) is 38.1 Å². The number of carbonyl (C=O) groups excluding carboxylic acids is 1. The summed E-state index contributed by atoms with van der Waals surface area (Å²) in [4.78, 5) is 17.7. The van der Waals surface area contributed by atoms with E-state index in [1.807, 2.05) is 24.3 Å². The summed E-state index contributed by atoms with van der Waals surface area (Å²) in [6.07, 6.45) is 0. The molecule has 6 heteroatoms. The minimum Gasteiger partial charge on any atom is -0.345 e. The van der Waals surface area contributed by atoms with Gasteiger partial charge in [-0.15, -0.1) is 0 Å². The molecule has 1 aliphatic rings. The first-order valence-corrected chi connectivity index (χ1v) is 10.2. The molecule has 6 nitrogen and oxygen atoms in total. The van der Waals surface area contributed by atoms with Gasteiger partial charge in [0.15, 0.2) is 5.69 Å². The van der Waals surface area contributed by atoms with E-state index in [2.05, 4.69) is 64.4 Å². The number of para-hydroxylation sites is 1. The molecule has 0 bridgehead atoms. The average Bonchev–Trinajstić information content (AvgIpc) is 3.05. The Morgan fingerprint density at radius 2 is 2.00 bits per heavy atom. The summed E-state index contributed by atoms with van der Waals surface area (Å²) >= 11 is 0. The number of hydrogen-bond donors (Lipinski definition) is 2. The van der Waals surface area contributed by atoms with Gasteiger partial charge in [0.1, 0.15) is 0 Å². The van der Waals surface area contributed by atoms with E-state index in [-0.39, 0.29) is 11.9 Å². The maximum Gasteiger partial charge on any atom is 0.272 e. The van der Waals surface area contributed by atoms with Gasteiger partial charge < -0.3 is 10.2 Å². The van der Waals surface area contributed by atoms with E-state index in [0.717, 1.165) is 43.6 Å². The molecule has 1 aromatic heterocycles. The van der Waals surface area contributed by atoms with Gasteiger partial charge in [-0.1, -0.05) is 42.0 Å². The van der Waals surface area contributed by atoms with Crippen LogP contribution in [0.2, 0.25) is 0 Å². The first-order chi connectivity index (χ1) is 14.0. The van der Waals surface area contributed by atoms with E-state index in [9.17, 15) is 4.79 Å². The lowest BCUT2D eigenvalue weighted by molar-refractivity contribution is 0.0920. The molecule has 0 saturated carbocycles. The van der Waals surface area contributed by atoms with E-state index < -0.39 is 0 Å². The second-order valence-corrected chi connectivity index (χ2v) is 8.22. The average molecular weight is 392 g/mol. The minimum atomic E-state index is -0.116. The quantitative estimate of drug-likeness (QED) is 0.718. The summed E-state index contributed by atoms with van der Waals surface area (Å²) in [6.45, 7) is 8.84. The second kappa shape index (κ2) is 8.35. The van der Waals surface area contributed by atoms with Crippen LogP contribution in [0.15, 0.2) is 42.5 Å². The number of nitrogens with one attached hydrogen (secondary N) is 2. The van der Waals surface area contributed by atoms with Crippen LogP contribution in [0.4, 0.5) is 0 Å². The summed E-state index contributed by atoms with van der Waals surface area (Å²) in [7, 11) is 2.12. The zero-order valence-corrected chi connectivity index (χ0v) is 17.4. The number of aromatic amines is 1. The molecule has 3 aromatic rings. The topological polar surface area (TPSA) is 64.3 Å². The van der Waals surface area contributed by atoms with E-state index in [0.29, 0.717) is 5.69 Å². The third kappa shape index (κ3) is 4.49. The summed E-state index contributed by atoms with van der Waals surface area (Å²) < 4.78 is 0. The number of aromatic nitrogens is 2. The van der Waals surface area contributed by atoms with Crippen LogP contribution in [0.5, 0.6) is 0 Å². The van der Waals surface area contributed by atoms with Crippen LogP contribution in [-0.2, 0) is 6.54 Å². The highest BCUT2D eigenvalue weighted by Crippen LogP contribution is 2.17. The summed E-state index contributed by atoms with van der Waals surface area (Å²) in [5.41, 5.74) is 5.31. The van der Waals surface area contributed by atoms with Crippen LogP contribution in [0.25, 0.3) is 10.9 Å². The highest BCUT2D eigenvalue weighted by atomic mass is 16.2. The largest absolute Gasteiger partial charge is 0.345 e. The highest BCUT2D eigenvalue weighted by Gasteiger charge is 2.24. The molecule has 1 saturated heterocycles. The van der Waals surface area contributed by atoms with E-state index in [1.165, 1.54) is 16.7 Å². The predicted molar refractivity (Wildman–Crippen MR) is 116 cm³/mol. The molecule has 2 N–H and O–H groups in total. The van der Waals surface area contributed by atoms with Crippen LogP contribution in [0.1, 0.15) is 27.2 Å². The lowest BCUT2D eigenvalue weighted by Gasteiger charge is -2.25. The fourth-order valence-electron chi connectivity index (χ4n) is 4.08. The molecule has 0 radical (unpaired) electrons. The van der Waals surface area contributed by atoms with Gasteiger partial charge in [0.05, 0.1) is 11.6 Å². The summed E-state index contributed by atoms with van der Waals surface area (Å²) in [6, 6.07) is 14.4. The molecular weight excluding hydrogens is 362 g/mol. The Morgan fingerprint density at radius 1 is 1.17 bits per heavy atom. The summed E-state index contributed by atoms with van der Waals surface area (Å²) in [5, 5.41) is 11.3. The molecule has 1 aliphatic heterocycles. The predicted octanol–water partition coefficient (Wildman–Crippen LogP) is 2.73. The van der Waals surface area contributed by atoms with Crippen LogP contribution >= 0.6 is 0 Å². The maximum absolute atomic E-state index is 12.9. The number of benzene rings is 2. The van der Waals surface area contributed by atoms with Crippen molar-refractivity contribution in [2.24, 2.45) is 0 Å². The molecular formula is C23H29N5O. The highest BCUT2D eigenvalue weighted by molar-refractivity contribution is 6.04. The Bertz CT molecular complexity index is 1010. The van der Waals surface area contributed by atoms with Gasteiger partial charge in [0.25, 0.3) is 5.91 Å². The van der Waals surface area contributed by atoms with Crippen molar-refractivity contribution in [3.8, 4) is 0 Å². The van der Waals surface area contributed by atoms with Crippen molar-refractivity contribution in [1.82, 2.24) is 25.3 Å². The van der Waals surface area contributed by atoms with Crippen molar-refractivity contribution in [3.05, 3.63) is 64.8 Å². The zero-order valence-electron chi connectivity index (χ0n) is 17.4. The standard InChI is InChI=1S/C23H29N5O/c1-16-8-9-17(2)18(12-16)13-28-11-10-27(3)14-19(15-28)24-23(29)22-20-6-4-5-7-21(20)25-26-22/h4-9,12,19H,10-11,13-15H2,1-3H3,(H,24,29)(H,25,26). The van der Waals surface area contributed by atoms with Gasteiger partial charge in [-0.2, -0.15) is 5.10 Å². The van der Waals surface area contributed by atoms with Gasteiger partial charge in [-0.25, -0.2) is 0 Å². The third-order valence-electron chi connectivity index (χ3n) is 5.73. The number of fused-ring (bicyclic) bond motifs is 1. The van der Waals surface area contributed by atoms with Crippen LogP contribution < -0.4 is 5.32 Å². The number of nitrogens with zero attached hydrogens (tertiary/aromatic N) is 3. The molecule has 0 aliphatic carbocycles. The molecule has 4 rings (SSSR count). The Kier molecular flexibility index (Phi) is 5.65. The van der Waals surface area contributed by atoms with E-state index in [1.54, 1.807) is 0 Å².